The van der Waals surface area contributed by atoms with Gasteiger partial charge in [0.2, 0.25) is 0 Å². The van der Waals surface area contributed by atoms with Gasteiger partial charge in [-0.3, -0.25) is 4.90 Å². The molecule has 0 atom stereocenters. The van der Waals surface area contributed by atoms with E-state index in [1.807, 2.05) is 18.5 Å². The predicted octanol–water partition coefficient (Wildman–Crippen LogP) is 1.98. The largest absolute Gasteiger partial charge is 0.379 e. The summed E-state index contributed by atoms with van der Waals surface area (Å²) >= 11 is 6.10. The van der Waals surface area contributed by atoms with Crippen molar-refractivity contribution < 1.29 is 4.74 Å². The molecule has 1 saturated heterocycles. The number of fused-ring (bicyclic) bond motifs is 1. The van der Waals surface area contributed by atoms with Crippen LogP contribution in [0.15, 0.2) is 24.5 Å². The lowest BCUT2D eigenvalue weighted by molar-refractivity contribution is 0.0241. The molecule has 2 aromatic rings. The molecular formula is C12H14ClN3O. The fraction of sp³-hybridized carbons (Fsp3) is 0.417. The average molecular weight is 252 g/mol. The molecule has 3 rings (SSSR count). The van der Waals surface area contributed by atoms with E-state index in [4.69, 9.17) is 16.3 Å². The number of aromatic nitrogens is 2. The molecule has 1 aromatic carbocycles. The third-order valence-electron chi connectivity index (χ3n) is 3.06. The van der Waals surface area contributed by atoms with E-state index in [0.717, 1.165) is 44.0 Å². The van der Waals surface area contributed by atoms with Crippen molar-refractivity contribution in [2.24, 2.45) is 0 Å². The Hall–Kier alpha value is -1.10. The summed E-state index contributed by atoms with van der Waals surface area (Å²) in [6.07, 6.45) is 1.85. The summed E-state index contributed by atoms with van der Waals surface area (Å²) in [5.74, 6) is 0. The summed E-state index contributed by atoms with van der Waals surface area (Å²) in [5, 5.41) is 0.711. The second-order valence-electron chi connectivity index (χ2n) is 4.19. The van der Waals surface area contributed by atoms with Crippen LogP contribution in [0.4, 0.5) is 0 Å². The Morgan fingerprint density at radius 2 is 2.12 bits per heavy atom. The lowest BCUT2D eigenvalue weighted by atomic mass is 10.3. The molecule has 0 amide bonds. The number of halogens is 1. The Balaban J connectivity index is 1.87. The molecule has 90 valence electrons. The van der Waals surface area contributed by atoms with E-state index in [1.165, 1.54) is 0 Å². The van der Waals surface area contributed by atoms with Gasteiger partial charge >= 0.3 is 0 Å². The molecule has 1 fully saturated rings. The highest BCUT2D eigenvalue weighted by atomic mass is 35.5. The second kappa shape index (κ2) is 4.64. The van der Waals surface area contributed by atoms with Crippen LogP contribution in [-0.4, -0.2) is 40.8 Å². The highest BCUT2D eigenvalue weighted by Gasteiger charge is 2.12. The van der Waals surface area contributed by atoms with E-state index in [9.17, 15) is 0 Å². The zero-order chi connectivity index (χ0) is 11.7. The number of rotatable bonds is 2. The third-order valence-corrected chi connectivity index (χ3v) is 3.36. The van der Waals surface area contributed by atoms with Crippen LogP contribution in [0.3, 0.4) is 0 Å². The quantitative estimate of drug-likeness (QED) is 0.818. The van der Waals surface area contributed by atoms with E-state index >= 15 is 0 Å². The van der Waals surface area contributed by atoms with Crippen molar-refractivity contribution in [3.8, 4) is 0 Å². The minimum Gasteiger partial charge on any atom is -0.379 e. The molecule has 0 spiro atoms. The molecule has 0 radical (unpaired) electrons. The van der Waals surface area contributed by atoms with Gasteiger partial charge < -0.3 is 9.30 Å². The van der Waals surface area contributed by atoms with E-state index in [2.05, 4.69) is 20.5 Å². The smallest absolute Gasteiger partial charge is 0.107 e. The van der Waals surface area contributed by atoms with Crippen molar-refractivity contribution in [3.05, 3.63) is 29.5 Å². The van der Waals surface area contributed by atoms with Crippen LogP contribution in [0.1, 0.15) is 0 Å². The molecule has 1 aliphatic rings. The lowest BCUT2D eigenvalue weighted by Crippen LogP contribution is -2.37. The molecule has 2 heterocycles. The first kappa shape index (κ1) is 11.0. The Kier molecular flexibility index (Phi) is 3.01. The van der Waals surface area contributed by atoms with Crippen LogP contribution in [0, 0.1) is 0 Å². The van der Waals surface area contributed by atoms with Crippen molar-refractivity contribution in [1.29, 1.82) is 0 Å². The molecule has 0 N–H and O–H groups in total. The minimum atomic E-state index is 0.711. The Morgan fingerprint density at radius 3 is 2.94 bits per heavy atom. The maximum Gasteiger partial charge on any atom is 0.107 e. The average Bonchev–Trinajstić information content (AvgIpc) is 2.76. The summed E-state index contributed by atoms with van der Waals surface area (Å²) in [6.45, 7) is 4.42. The van der Waals surface area contributed by atoms with Crippen LogP contribution in [0.2, 0.25) is 5.02 Å². The predicted molar refractivity (Wildman–Crippen MR) is 67.1 cm³/mol. The molecule has 1 aromatic heterocycles. The van der Waals surface area contributed by atoms with Gasteiger partial charge in [0.05, 0.1) is 36.7 Å². The summed E-state index contributed by atoms with van der Waals surface area (Å²) in [6, 6.07) is 5.88. The zero-order valence-corrected chi connectivity index (χ0v) is 10.2. The Labute approximate surface area is 105 Å². The highest BCUT2D eigenvalue weighted by Crippen LogP contribution is 2.21. The van der Waals surface area contributed by atoms with Crippen LogP contribution in [0.25, 0.3) is 11.0 Å². The molecule has 4 nitrogen and oxygen atoms in total. The zero-order valence-electron chi connectivity index (χ0n) is 9.47. The summed E-state index contributed by atoms with van der Waals surface area (Å²) in [7, 11) is 0. The van der Waals surface area contributed by atoms with Gasteiger partial charge in [0.15, 0.2) is 0 Å². The van der Waals surface area contributed by atoms with Gasteiger partial charge in [0.25, 0.3) is 0 Å². The first-order valence-electron chi connectivity index (χ1n) is 5.74. The molecule has 0 aliphatic carbocycles. The maximum absolute atomic E-state index is 6.10. The van der Waals surface area contributed by atoms with Crippen LogP contribution >= 0.6 is 11.6 Å². The SMILES string of the molecule is Clc1cccc2c1ncn2CN1CCOCC1. The molecular weight excluding hydrogens is 238 g/mol. The Bertz CT molecular complexity index is 519. The third kappa shape index (κ3) is 2.16. The summed E-state index contributed by atoms with van der Waals surface area (Å²) in [4.78, 5) is 6.71. The molecule has 17 heavy (non-hydrogen) atoms. The van der Waals surface area contributed by atoms with Crippen LogP contribution < -0.4 is 0 Å². The fourth-order valence-electron chi connectivity index (χ4n) is 2.12. The molecule has 1 aliphatic heterocycles. The molecule has 0 saturated carbocycles. The lowest BCUT2D eigenvalue weighted by Gasteiger charge is -2.26. The van der Waals surface area contributed by atoms with Gasteiger partial charge in [0, 0.05) is 13.1 Å². The highest BCUT2D eigenvalue weighted by molar-refractivity contribution is 6.34. The molecule has 0 unspecified atom stereocenters. The first-order chi connectivity index (χ1) is 8.34. The van der Waals surface area contributed by atoms with Gasteiger partial charge in [-0.25, -0.2) is 4.98 Å². The van der Waals surface area contributed by atoms with E-state index in [0.29, 0.717) is 5.02 Å². The number of ether oxygens (including phenoxy) is 1. The van der Waals surface area contributed by atoms with Crippen molar-refractivity contribution in [2.75, 3.05) is 26.3 Å². The van der Waals surface area contributed by atoms with Gasteiger partial charge in [-0.2, -0.15) is 0 Å². The Morgan fingerprint density at radius 1 is 1.29 bits per heavy atom. The number of hydrogen-bond acceptors (Lipinski definition) is 3. The van der Waals surface area contributed by atoms with E-state index in [1.54, 1.807) is 0 Å². The maximum atomic E-state index is 6.10. The number of benzene rings is 1. The van der Waals surface area contributed by atoms with E-state index in [-0.39, 0.29) is 0 Å². The van der Waals surface area contributed by atoms with Crippen molar-refractivity contribution in [3.63, 3.8) is 0 Å². The molecule has 5 heteroatoms. The van der Waals surface area contributed by atoms with Gasteiger partial charge in [-0.15, -0.1) is 0 Å². The van der Waals surface area contributed by atoms with Gasteiger partial charge in [0.1, 0.15) is 5.52 Å². The number of hydrogen-bond donors (Lipinski definition) is 0. The first-order valence-corrected chi connectivity index (χ1v) is 6.12. The summed E-state index contributed by atoms with van der Waals surface area (Å²) in [5.41, 5.74) is 1.96. The van der Waals surface area contributed by atoms with Crippen molar-refractivity contribution >= 4 is 22.6 Å². The van der Waals surface area contributed by atoms with Gasteiger partial charge in [-0.1, -0.05) is 17.7 Å². The number of para-hydroxylation sites is 1. The monoisotopic (exact) mass is 251 g/mol. The fourth-order valence-corrected chi connectivity index (χ4v) is 2.34. The number of morpholine rings is 1. The van der Waals surface area contributed by atoms with Crippen LogP contribution in [-0.2, 0) is 11.4 Å². The van der Waals surface area contributed by atoms with E-state index < -0.39 is 0 Å². The standard InChI is InChI=1S/C12H14ClN3O/c13-10-2-1-3-11-12(10)14-8-16(11)9-15-4-6-17-7-5-15/h1-3,8H,4-7,9H2. The van der Waals surface area contributed by atoms with Crippen molar-refractivity contribution in [1.82, 2.24) is 14.5 Å². The summed E-state index contributed by atoms with van der Waals surface area (Å²) < 4.78 is 7.47. The second-order valence-corrected chi connectivity index (χ2v) is 4.60. The van der Waals surface area contributed by atoms with Crippen LogP contribution in [0.5, 0.6) is 0 Å². The van der Waals surface area contributed by atoms with Crippen molar-refractivity contribution in [2.45, 2.75) is 6.67 Å². The number of imidazole rings is 1. The molecule has 0 bridgehead atoms. The topological polar surface area (TPSA) is 30.3 Å². The number of nitrogens with zero attached hydrogens (tertiary/aromatic N) is 3. The minimum absolute atomic E-state index is 0.711. The normalized spacial score (nSPS) is 17.7. The van der Waals surface area contributed by atoms with Gasteiger partial charge in [-0.05, 0) is 12.1 Å².